The van der Waals surface area contributed by atoms with Crippen LogP contribution in [0.5, 0.6) is 0 Å². The standard InChI is InChI=1S/C53H32N4O/c1-3-13-33(14-4-1)38-25-27-42-45(30-38)57(44-28-26-35-16-9-10-20-41(35)49(42)44)46-31-40(32-48-50(46)43-21-11-12-22-47(43)58-48)53-55-51(36-17-5-2-6-18-36)54-52(56-53)39-24-23-34-15-7-8-19-37(34)29-39/h1-32H. The van der Waals surface area contributed by atoms with E-state index < -0.39 is 0 Å². The number of furan rings is 1. The molecule has 0 bridgehead atoms. The van der Waals surface area contributed by atoms with Crippen molar-refractivity contribution < 1.29 is 4.42 Å². The number of nitrogens with zero attached hydrogens (tertiary/aromatic N) is 4. The van der Waals surface area contributed by atoms with Crippen LogP contribution in [0.3, 0.4) is 0 Å². The molecular weight excluding hydrogens is 709 g/mol. The van der Waals surface area contributed by atoms with Gasteiger partial charge in [-0.3, -0.25) is 0 Å². The van der Waals surface area contributed by atoms with Gasteiger partial charge in [-0.2, -0.15) is 0 Å². The Bertz CT molecular complexity index is 3570. The molecule has 0 amide bonds. The van der Waals surface area contributed by atoms with Gasteiger partial charge in [0.05, 0.1) is 22.1 Å². The minimum Gasteiger partial charge on any atom is -0.456 e. The number of hydrogen-bond acceptors (Lipinski definition) is 4. The lowest BCUT2D eigenvalue weighted by molar-refractivity contribution is 0.669. The topological polar surface area (TPSA) is 56.7 Å². The Morgan fingerprint density at radius 2 is 0.948 bits per heavy atom. The van der Waals surface area contributed by atoms with Gasteiger partial charge in [0.2, 0.25) is 0 Å². The molecule has 12 rings (SSSR count). The lowest BCUT2D eigenvalue weighted by Crippen LogP contribution is -2.01. The van der Waals surface area contributed by atoms with E-state index in [1.807, 2.05) is 42.5 Å². The number of para-hydroxylation sites is 1. The zero-order chi connectivity index (χ0) is 38.2. The number of fused-ring (bicyclic) bond motifs is 9. The summed E-state index contributed by atoms with van der Waals surface area (Å²) >= 11 is 0. The molecule has 0 aliphatic heterocycles. The van der Waals surface area contributed by atoms with Gasteiger partial charge in [-0.05, 0) is 69.1 Å². The summed E-state index contributed by atoms with van der Waals surface area (Å²) in [6, 6.07) is 68.1. The summed E-state index contributed by atoms with van der Waals surface area (Å²) in [7, 11) is 0. The summed E-state index contributed by atoms with van der Waals surface area (Å²) < 4.78 is 9.15. The van der Waals surface area contributed by atoms with Crippen LogP contribution in [0.1, 0.15) is 0 Å². The summed E-state index contributed by atoms with van der Waals surface area (Å²) in [6.45, 7) is 0. The Labute approximate surface area is 333 Å². The quantitative estimate of drug-likeness (QED) is 0.176. The maximum absolute atomic E-state index is 6.73. The van der Waals surface area contributed by atoms with Gasteiger partial charge in [-0.25, -0.2) is 15.0 Å². The Hall–Kier alpha value is -7.89. The van der Waals surface area contributed by atoms with Gasteiger partial charge in [0, 0.05) is 32.8 Å². The van der Waals surface area contributed by atoms with Crippen LogP contribution in [0, 0.1) is 0 Å². The van der Waals surface area contributed by atoms with E-state index in [1.54, 1.807) is 0 Å². The fraction of sp³-hybridized carbons (Fsp3) is 0. The predicted molar refractivity (Wildman–Crippen MR) is 238 cm³/mol. The summed E-state index contributed by atoms with van der Waals surface area (Å²) in [5.41, 5.74) is 9.78. The van der Waals surface area contributed by atoms with Gasteiger partial charge in [0.1, 0.15) is 11.2 Å². The minimum absolute atomic E-state index is 0.566. The zero-order valence-corrected chi connectivity index (χ0v) is 31.2. The van der Waals surface area contributed by atoms with E-state index in [9.17, 15) is 0 Å². The Balaban J connectivity index is 1.18. The highest BCUT2D eigenvalue weighted by molar-refractivity contribution is 6.23. The van der Waals surface area contributed by atoms with Crippen LogP contribution in [-0.2, 0) is 0 Å². The monoisotopic (exact) mass is 740 g/mol. The van der Waals surface area contributed by atoms with E-state index in [-0.39, 0.29) is 0 Å². The normalized spacial score (nSPS) is 11.8. The highest BCUT2D eigenvalue weighted by Gasteiger charge is 2.23. The molecule has 0 spiro atoms. The maximum Gasteiger partial charge on any atom is 0.164 e. The first-order valence-electron chi connectivity index (χ1n) is 19.5. The summed E-state index contributed by atoms with van der Waals surface area (Å²) in [5, 5.41) is 9.18. The molecular formula is C53H32N4O. The number of rotatable bonds is 5. The molecule has 0 aliphatic rings. The maximum atomic E-state index is 6.73. The molecule has 5 heteroatoms. The number of benzene rings is 9. The lowest BCUT2D eigenvalue weighted by Gasteiger charge is -2.14. The fourth-order valence-electron chi connectivity index (χ4n) is 8.67. The number of hydrogen-bond donors (Lipinski definition) is 0. The summed E-state index contributed by atoms with van der Waals surface area (Å²) in [4.78, 5) is 15.5. The summed E-state index contributed by atoms with van der Waals surface area (Å²) in [6.07, 6.45) is 0. The van der Waals surface area contributed by atoms with Gasteiger partial charge in [-0.1, -0.05) is 158 Å². The first kappa shape index (κ1) is 32.4. The van der Waals surface area contributed by atoms with E-state index in [0.717, 1.165) is 71.7 Å². The second-order valence-corrected chi connectivity index (χ2v) is 14.8. The molecule has 270 valence electrons. The second-order valence-electron chi connectivity index (χ2n) is 14.8. The van der Waals surface area contributed by atoms with Gasteiger partial charge in [-0.15, -0.1) is 0 Å². The molecule has 0 aliphatic carbocycles. The van der Waals surface area contributed by atoms with E-state index in [4.69, 9.17) is 19.4 Å². The Kier molecular flexibility index (Phi) is 7.16. The molecule has 3 heterocycles. The molecule has 5 nitrogen and oxygen atoms in total. The highest BCUT2D eigenvalue weighted by atomic mass is 16.3. The van der Waals surface area contributed by atoms with Crippen molar-refractivity contribution in [3.63, 3.8) is 0 Å². The van der Waals surface area contributed by atoms with E-state index >= 15 is 0 Å². The first-order chi connectivity index (χ1) is 28.7. The van der Waals surface area contributed by atoms with Crippen LogP contribution in [0.4, 0.5) is 0 Å². The van der Waals surface area contributed by atoms with Crippen LogP contribution in [0.15, 0.2) is 199 Å². The van der Waals surface area contributed by atoms with Crippen molar-refractivity contribution in [3.8, 4) is 51.0 Å². The van der Waals surface area contributed by atoms with Gasteiger partial charge >= 0.3 is 0 Å². The second kappa shape index (κ2) is 12.8. The first-order valence-corrected chi connectivity index (χ1v) is 19.5. The van der Waals surface area contributed by atoms with E-state index in [2.05, 4.69) is 156 Å². The van der Waals surface area contributed by atoms with Crippen molar-refractivity contribution >= 4 is 65.3 Å². The van der Waals surface area contributed by atoms with E-state index in [0.29, 0.717) is 17.5 Å². The highest BCUT2D eigenvalue weighted by Crippen LogP contribution is 2.43. The van der Waals surface area contributed by atoms with Gasteiger partial charge in [0.15, 0.2) is 17.5 Å². The molecule has 3 aromatic heterocycles. The third kappa shape index (κ3) is 5.14. The van der Waals surface area contributed by atoms with E-state index in [1.165, 1.54) is 27.1 Å². The van der Waals surface area contributed by atoms with Crippen molar-refractivity contribution in [2.45, 2.75) is 0 Å². The van der Waals surface area contributed by atoms with Gasteiger partial charge < -0.3 is 8.98 Å². The molecule has 0 saturated heterocycles. The molecule has 9 aromatic carbocycles. The van der Waals surface area contributed by atoms with Crippen molar-refractivity contribution in [2.75, 3.05) is 0 Å². The van der Waals surface area contributed by atoms with Crippen molar-refractivity contribution in [3.05, 3.63) is 194 Å². The third-order valence-electron chi connectivity index (χ3n) is 11.4. The van der Waals surface area contributed by atoms with Gasteiger partial charge in [0.25, 0.3) is 0 Å². The number of aromatic nitrogens is 4. The van der Waals surface area contributed by atoms with Crippen molar-refractivity contribution in [2.24, 2.45) is 0 Å². The molecule has 0 fully saturated rings. The van der Waals surface area contributed by atoms with Crippen molar-refractivity contribution in [1.82, 2.24) is 19.5 Å². The minimum atomic E-state index is 0.566. The lowest BCUT2D eigenvalue weighted by atomic mass is 10.0. The summed E-state index contributed by atoms with van der Waals surface area (Å²) in [5.74, 6) is 1.78. The molecule has 0 atom stereocenters. The van der Waals surface area contributed by atoms with Crippen LogP contribution in [-0.4, -0.2) is 19.5 Å². The smallest absolute Gasteiger partial charge is 0.164 e. The largest absolute Gasteiger partial charge is 0.456 e. The van der Waals surface area contributed by atoms with Crippen LogP contribution in [0.25, 0.3) is 116 Å². The van der Waals surface area contributed by atoms with Crippen LogP contribution >= 0.6 is 0 Å². The molecule has 12 aromatic rings. The Morgan fingerprint density at radius 3 is 1.76 bits per heavy atom. The molecule has 58 heavy (non-hydrogen) atoms. The Morgan fingerprint density at radius 1 is 0.328 bits per heavy atom. The molecule has 0 saturated carbocycles. The fourth-order valence-corrected chi connectivity index (χ4v) is 8.67. The van der Waals surface area contributed by atoms with Crippen LogP contribution < -0.4 is 0 Å². The molecule has 0 N–H and O–H groups in total. The molecule has 0 radical (unpaired) electrons. The third-order valence-corrected chi connectivity index (χ3v) is 11.4. The van der Waals surface area contributed by atoms with Crippen LogP contribution in [0.2, 0.25) is 0 Å². The van der Waals surface area contributed by atoms with Crippen molar-refractivity contribution in [1.29, 1.82) is 0 Å². The SMILES string of the molecule is c1ccc(-c2ccc3c4c5ccccc5ccc4n(-c4cc(-c5nc(-c6ccccc6)nc(-c6ccc7ccccc7c6)n5)cc5oc6ccccc6c45)c3c2)cc1. The average Bonchev–Trinajstić information content (AvgIpc) is 3.85. The average molecular weight is 741 g/mol. The zero-order valence-electron chi connectivity index (χ0n) is 31.2. The molecule has 0 unspecified atom stereocenters. The predicted octanol–water partition coefficient (Wildman–Crippen LogP) is 13.8.